The Bertz CT molecular complexity index is 654. The molecule has 0 aromatic carbocycles. The third kappa shape index (κ3) is 2.98. The molecule has 0 aliphatic carbocycles. The Morgan fingerprint density at radius 1 is 1.50 bits per heavy atom. The summed E-state index contributed by atoms with van der Waals surface area (Å²) in [6.45, 7) is 4.07. The number of hydrogen-bond donors (Lipinski definition) is 2. The number of nitrogens with zero attached hydrogens (tertiary/aromatic N) is 4. The number of aromatic nitrogens is 4. The van der Waals surface area contributed by atoms with Crippen LogP contribution < -0.4 is 21.3 Å². The molecule has 2 N–H and O–H groups in total. The summed E-state index contributed by atoms with van der Waals surface area (Å²) in [5, 5.41) is 0. The smallest absolute Gasteiger partial charge is 0.358 e. The van der Waals surface area contributed by atoms with Gasteiger partial charge in [-0.25, -0.2) is 24.8 Å². The second kappa shape index (κ2) is 6.43. The largest absolute Gasteiger partial charge is 0.493 e. The van der Waals surface area contributed by atoms with Gasteiger partial charge in [-0.2, -0.15) is 4.98 Å². The Morgan fingerprint density at radius 2 is 2.35 bits per heavy atom. The lowest BCUT2D eigenvalue weighted by molar-refractivity contribution is 0.410. The third-order valence-corrected chi connectivity index (χ3v) is 2.35. The standard InChI is InChI=1S/C12H14N6O2/c1-3-6-15-17-11-14-8-18(12(19)16-11)10-9(20-2)5-4-7-13-10/h3-5,7-8,15H,1,6H2,2H3,(H,16,17,19). The topological polar surface area (TPSA) is 94.0 Å². The van der Waals surface area contributed by atoms with E-state index in [0.29, 0.717) is 18.1 Å². The third-order valence-electron chi connectivity index (χ3n) is 2.35. The van der Waals surface area contributed by atoms with Crippen LogP contribution in [0.2, 0.25) is 0 Å². The molecule has 0 bridgehead atoms. The maximum absolute atomic E-state index is 12.0. The van der Waals surface area contributed by atoms with E-state index in [2.05, 4.69) is 32.4 Å². The van der Waals surface area contributed by atoms with Crippen LogP contribution in [0.15, 0.2) is 42.1 Å². The van der Waals surface area contributed by atoms with Crippen LogP contribution in [-0.4, -0.2) is 33.2 Å². The van der Waals surface area contributed by atoms with Crippen molar-refractivity contribution in [2.24, 2.45) is 0 Å². The van der Waals surface area contributed by atoms with Gasteiger partial charge in [-0.3, -0.25) is 5.43 Å². The van der Waals surface area contributed by atoms with Crippen molar-refractivity contribution in [1.29, 1.82) is 0 Å². The van der Waals surface area contributed by atoms with E-state index in [0.717, 1.165) is 0 Å². The van der Waals surface area contributed by atoms with E-state index in [4.69, 9.17) is 4.74 Å². The van der Waals surface area contributed by atoms with Crippen molar-refractivity contribution in [3.05, 3.63) is 47.8 Å². The fourth-order valence-electron chi connectivity index (χ4n) is 1.47. The van der Waals surface area contributed by atoms with Gasteiger partial charge in [0.25, 0.3) is 0 Å². The molecule has 2 rings (SSSR count). The molecule has 0 aliphatic rings. The van der Waals surface area contributed by atoms with Gasteiger partial charge in [-0.1, -0.05) is 6.08 Å². The highest BCUT2D eigenvalue weighted by Crippen LogP contribution is 2.16. The fourth-order valence-corrected chi connectivity index (χ4v) is 1.47. The van der Waals surface area contributed by atoms with Crippen molar-refractivity contribution in [3.8, 4) is 11.6 Å². The Kier molecular flexibility index (Phi) is 4.40. The quantitative estimate of drug-likeness (QED) is 0.439. The first kappa shape index (κ1) is 13.7. The van der Waals surface area contributed by atoms with Gasteiger partial charge in [0.15, 0.2) is 11.6 Å². The van der Waals surface area contributed by atoms with E-state index >= 15 is 0 Å². The van der Waals surface area contributed by atoms with E-state index in [1.165, 1.54) is 18.0 Å². The minimum absolute atomic E-state index is 0.169. The maximum atomic E-state index is 12.0. The molecule has 0 radical (unpaired) electrons. The summed E-state index contributed by atoms with van der Waals surface area (Å²) >= 11 is 0. The van der Waals surface area contributed by atoms with Crippen LogP contribution in [0.25, 0.3) is 5.82 Å². The van der Waals surface area contributed by atoms with Crippen molar-refractivity contribution in [2.45, 2.75) is 0 Å². The second-order valence-electron chi connectivity index (χ2n) is 3.66. The molecule has 0 fully saturated rings. The molecule has 2 heterocycles. The van der Waals surface area contributed by atoms with Gasteiger partial charge in [0, 0.05) is 12.7 Å². The molecule has 0 atom stereocenters. The fraction of sp³-hybridized carbons (Fsp3) is 0.167. The van der Waals surface area contributed by atoms with Crippen LogP contribution in [0, 0.1) is 0 Å². The molecular formula is C12H14N6O2. The number of ether oxygens (including phenoxy) is 1. The van der Waals surface area contributed by atoms with Gasteiger partial charge in [-0.05, 0) is 12.1 Å². The summed E-state index contributed by atoms with van der Waals surface area (Å²) in [6, 6.07) is 3.41. The van der Waals surface area contributed by atoms with E-state index in [-0.39, 0.29) is 5.95 Å². The molecular weight excluding hydrogens is 260 g/mol. The molecule has 8 nitrogen and oxygen atoms in total. The predicted octanol–water partition coefficient (Wildman–Crippen LogP) is 0.134. The zero-order valence-electron chi connectivity index (χ0n) is 10.9. The number of pyridine rings is 1. The summed E-state index contributed by atoms with van der Waals surface area (Å²) in [6.07, 6.45) is 4.55. The van der Waals surface area contributed by atoms with Crippen molar-refractivity contribution < 1.29 is 4.74 Å². The Balaban J connectivity index is 2.30. The summed E-state index contributed by atoms with van der Waals surface area (Å²) in [7, 11) is 1.50. The summed E-state index contributed by atoms with van der Waals surface area (Å²) in [5.74, 6) is 0.970. The highest BCUT2D eigenvalue weighted by molar-refractivity contribution is 5.39. The minimum atomic E-state index is -0.514. The van der Waals surface area contributed by atoms with Gasteiger partial charge in [0.1, 0.15) is 6.33 Å². The number of hydrogen-bond acceptors (Lipinski definition) is 7. The first-order valence-corrected chi connectivity index (χ1v) is 5.81. The molecule has 104 valence electrons. The zero-order chi connectivity index (χ0) is 14.4. The zero-order valence-corrected chi connectivity index (χ0v) is 10.9. The van der Waals surface area contributed by atoms with Crippen LogP contribution in [0.3, 0.4) is 0 Å². The van der Waals surface area contributed by atoms with Crippen molar-refractivity contribution in [1.82, 2.24) is 24.9 Å². The van der Waals surface area contributed by atoms with E-state index in [9.17, 15) is 4.79 Å². The number of methoxy groups -OCH3 is 1. The van der Waals surface area contributed by atoms with Gasteiger partial charge in [-0.15, -0.1) is 6.58 Å². The van der Waals surface area contributed by atoms with Crippen LogP contribution in [0.1, 0.15) is 0 Å². The highest BCUT2D eigenvalue weighted by Gasteiger charge is 2.09. The Hall–Kier alpha value is -2.74. The molecule has 2 aromatic rings. The molecule has 0 saturated carbocycles. The second-order valence-corrected chi connectivity index (χ2v) is 3.66. The number of hydrazine groups is 1. The normalized spacial score (nSPS) is 10.1. The molecule has 0 saturated heterocycles. The van der Waals surface area contributed by atoms with E-state index < -0.39 is 5.69 Å². The van der Waals surface area contributed by atoms with Gasteiger partial charge >= 0.3 is 5.69 Å². The van der Waals surface area contributed by atoms with Crippen LogP contribution >= 0.6 is 0 Å². The summed E-state index contributed by atoms with van der Waals surface area (Å²) < 4.78 is 6.35. The lowest BCUT2D eigenvalue weighted by Gasteiger charge is -2.09. The molecule has 0 unspecified atom stereocenters. The van der Waals surface area contributed by atoms with Crippen molar-refractivity contribution >= 4 is 5.95 Å². The number of nitrogens with one attached hydrogen (secondary N) is 2. The summed E-state index contributed by atoms with van der Waals surface area (Å²) in [5.41, 5.74) is 4.95. The molecule has 2 aromatic heterocycles. The van der Waals surface area contributed by atoms with Crippen LogP contribution in [-0.2, 0) is 0 Å². The van der Waals surface area contributed by atoms with Crippen LogP contribution in [0.4, 0.5) is 5.95 Å². The van der Waals surface area contributed by atoms with E-state index in [1.807, 2.05) is 0 Å². The average Bonchev–Trinajstić information content (AvgIpc) is 2.48. The first-order valence-electron chi connectivity index (χ1n) is 5.81. The lowest BCUT2D eigenvalue weighted by Crippen LogP contribution is -2.28. The van der Waals surface area contributed by atoms with E-state index in [1.54, 1.807) is 24.4 Å². The minimum Gasteiger partial charge on any atom is -0.493 e. The number of anilines is 1. The van der Waals surface area contributed by atoms with Crippen molar-refractivity contribution in [2.75, 3.05) is 19.1 Å². The highest BCUT2D eigenvalue weighted by atomic mass is 16.5. The monoisotopic (exact) mass is 274 g/mol. The van der Waals surface area contributed by atoms with Gasteiger partial charge < -0.3 is 4.74 Å². The lowest BCUT2D eigenvalue weighted by atomic mass is 10.4. The number of rotatable bonds is 6. The summed E-state index contributed by atoms with van der Waals surface area (Å²) in [4.78, 5) is 23.9. The molecule has 8 heteroatoms. The van der Waals surface area contributed by atoms with Gasteiger partial charge in [0.05, 0.1) is 7.11 Å². The SMILES string of the molecule is C=CCNNc1ncn(-c2ncccc2OC)c(=O)n1. The molecule has 20 heavy (non-hydrogen) atoms. The molecule has 0 amide bonds. The van der Waals surface area contributed by atoms with Gasteiger partial charge in [0.2, 0.25) is 5.95 Å². The average molecular weight is 274 g/mol. The Morgan fingerprint density at radius 3 is 3.05 bits per heavy atom. The molecule has 0 spiro atoms. The van der Waals surface area contributed by atoms with Crippen LogP contribution in [0.5, 0.6) is 5.75 Å². The van der Waals surface area contributed by atoms with Crippen molar-refractivity contribution in [3.63, 3.8) is 0 Å². The predicted molar refractivity (Wildman–Crippen MR) is 73.8 cm³/mol. The first-order chi connectivity index (χ1) is 9.76. The Labute approximate surface area is 115 Å². The molecule has 0 aliphatic heterocycles. The maximum Gasteiger partial charge on any atom is 0.358 e.